The van der Waals surface area contributed by atoms with Gasteiger partial charge >= 0.3 is 6.18 Å². The van der Waals surface area contributed by atoms with Crippen molar-refractivity contribution in [3.8, 4) is 5.75 Å². The van der Waals surface area contributed by atoms with E-state index in [1.165, 1.54) is 17.0 Å². The Kier molecular flexibility index (Phi) is 5.00. The molecule has 0 fully saturated rings. The van der Waals surface area contributed by atoms with Crippen molar-refractivity contribution in [2.24, 2.45) is 0 Å². The Bertz CT molecular complexity index is 1230. The van der Waals surface area contributed by atoms with E-state index < -0.39 is 52.8 Å². The molecule has 0 bridgehead atoms. The molecule has 0 spiro atoms. The van der Waals surface area contributed by atoms with Crippen LogP contribution in [0, 0.1) is 5.82 Å². The van der Waals surface area contributed by atoms with Gasteiger partial charge in [-0.1, -0.05) is 17.7 Å². The number of nitrogens with zero attached hydrogens (tertiary/aromatic N) is 2. The molecule has 2 aliphatic heterocycles. The first-order chi connectivity index (χ1) is 14.8. The fourth-order valence-electron chi connectivity index (χ4n) is 4.28. The minimum atomic E-state index is -4.71. The molecule has 1 unspecified atom stereocenters. The van der Waals surface area contributed by atoms with E-state index in [0.29, 0.717) is 10.1 Å². The summed E-state index contributed by atoms with van der Waals surface area (Å²) in [6.07, 6.45) is -6.24. The molecule has 1 atom stereocenters. The molecule has 0 saturated carbocycles. The summed E-state index contributed by atoms with van der Waals surface area (Å²) in [5.74, 6) is -3.38. The van der Waals surface area contributed by atoms with Crippen molar-refractivity contribution < 1.29 is 32.3 Å². The van der Waals surface area contributed by atoms with Crippen molar-refractivity contribution in [1.82, 2.24) is 14.8 Å². The molecule has 4 rings (SSSR count). The molecule has 2 amide bonds. The number of halogens is 5. The smallest absolute Gasteiger partial charge is 0.393 e. The number of carbonyl (C=O) groups is 2. The first-order valence-corrected chi connectivity index (χ1v) is 9.84. The van der Waals surface area contributed by atoms with Gasteiger partial charge in [0, 0.05) is 18.7 Å². The summed E-state index contributed by atoms with van der Waals surface area (Å²) in [6.45, 7) is 1.06. The zero-order chi connectivity index (χ0) is 23.6. The number of hydrogen-bond acceptors (Lipinski definition) is 4. The van der Waals surface area contributed by atoms with Gasteiger partial charge in [0.15, 0.2) is 5.75 Å². The summed E-state index contributed by atoms with van der Waals surface area (Å²) in [5, 5.41) is 12.5. The number of benzene rings is 1. The zero-order valence-electron chi connectivity index (χ0n) is 16.5. The second-order valence-corrected chi connectivity index (χ2v) is 8.34. The highest BCUT2D eigenvalue weighted by molar-refractivity contribution is 6.30. The van der Waals surface area contributed by atoms with Crippen LogP contribution >= 0.6 is 11.6 Å². The summed E-state index contributed by atoms with van der Waals surface area (Å²) in [5.41, 5.74) is -3.72. The number of carbonyl (C=O) groups excluding carboxylic acids is 2. The van der Waals surface area contributed by atoms with E-state index in [0.717, 1.165) is 13.0 Å². The second kappa shape index (κ2) is 7.22. The molecule has 12 heteroatoms. The van der Waals surface area contributed by atoms with Gasteiger partial charge in [0.05, 0.1) is 17.0 Å². The highest BCUT2D eigenvalue weighted by atomic mass is 35.5. The van der Waals surface area contributed by atoms with E-state index in [4.69, 9.17) is 11.6 Å². The number of aromatic nitrogens is 1. The van der Waals surface area contributed by atoms with Gasteiger partial charge in [0.2, 0.25) is 0 Å². The number of hydrogen-bond donors (Lipinski definition) is 2. The lowest BCUT2D eigenvalue weighted by atomic mass is 9.95. The first kappa shape index (κ1) is 22.1. The molecule has 2 N–H and O–H groups in total. The molecular formula is C20H16ClF4N3O4. The fraction of sp³-hybridized carbons (Fsp3) is 0.350. The van der Waals surface area contributed by atoms with Crippen LogP contribution in [0.2, 0.25) is 5.02 Å². The number of fused-ring (bicyclic) bond motifs is 3. The highest BCUT2D eigenvalue weighted by Gasteiger charge is 2.50. The molecule has 2 aliphatic rings. The summed E-state index contributed by atoms with van der Waals surface area (Å²) < 4.78 is 53.3. The predicted octanol–water partition coefficient (Wildman–Crippen LogP) is 2.91. The number of amides is 2. The molecule has 7 nitrogen and oxygen atoms in total. The number of aromatic hydroxyl groups is 1. The predicted molar refractivity (Wildman–Crippen MR) is 104 cm³/mol. The summed E-state index contributed by atoms with van der Waals surface area (Å²) in [6, 6.07) is 3.87. The molecule has 0 radical (unpaired) electrons. The highest BCUT2D eigenvalue weighted by Crippen LogP contribution is 2.38. The standard InChI is InChI=1S/C20H16ClF4N3O4/c1-19(8-20(23,24)25)26-16(30)14-10-4-5-27(7-9-2-3-12(22)11(21)6-9)17(31)13(10)15(29)18(32)28(14)19/h2-3,6,29H,4-5,7-8H2,1H3,(H,26,30). The van der Waals surface area contributed by atoms with Gasteiger partial charge in [0.1, 0.15) is 17.2 Å². The van der Waals surface area contributed by atoms with Crippen molar-refractivity contribution in [1.29, 1.82) is 0 Å². The Balaban J connectivity index is 1.78. The quantitative estimate of drug-likeness (QED) is 0.671. The Morgan fingerprint density at radius 1 is 1.25 bits per heavy atom. The lowest BCUT2D eigenvalue weighted by Gasteiger charge is -2.32. The van der Waals surface area contributed by atoms with Crippen LogP contribution in [0.15, 0.2) is 23.0 Å². The molecule has 1 aromatic carbocycles. The molecule has 3 heterocycles. The van der Waals surface area contributed by atoms with Crippen LogP contribution in [-0.2, 0) is 18.6 Å². The van der Waals surface area contributed by atoms with E-state index >= 15 is 0 Å². The van der Waals surface area contributed by atoms with Crippen LogP contribution in [0.5, 0.6) is 5.75 Å². The molecule has 2 aromatic rings. The van der Waals surface area contributed by atoms with Crippen molar-refractivity contribution in [3.05, 3.63) is 61.8 Å². The van der Waals surface area contributed by atoms with Crippen LogP contribution in [0.3, 0.4) is 0 Å². The average molecular weight is 474 g/mol. The third kappa shape index (κ3) is 3.50. The lowest BCUT2D eigenvalue weighted by molar-refractivity contribution is -0.155. The zero-order valence-corrected chi connectivity index (χ0v) is 17.3. The van der Waals surface area contributed by atoms with Crippen LogP contribution in [0.1, 0.15) is 45.3 Å². The molecule has 0 aliphatic carbocycles. The average Bonchev–Trinajstić information content (AvgIpc) is 2.92. The Hall–Kier alpha value is -3.08. The van der Waals surface area contributed by atoms with Crippen molar-refractivity contribution in [2.45, 2.75) is 38.1 Å². The second-order valence-electron chi connectivity index (χ2n) is 7.94. The van der Waals surface area contributed by atoms with E-state index in [1.54, 1.807) is 0 Å². The number of rotatable bonds is 3. The maximum Gasteiger partial charge on any atom is 0.393 e. The van der Waals surface area contributed by atoms with Crippen molar-refractivity contribution in [3.63, 3.8) is 0 Å². The largest absolute Gasteiger partial charge is 0.502 e. The molecule has 32 heavy (non-hydrogen) atoms. The number of nitrogens with one attached hydrogen (secondary N) is 1. The van der Waals surface area contributed by atoms with Gasteiger partial charge in [-0.3, -0.25) is 19.0 Å². The normalized spacial score (nSPS) is 20.2. The number of pyridine rings is 1. The summed E-state index contributed by atoms with van der Waals surface area (Å²) in [7, 11) is 0. The maximum atomic E-state index is 13.4. The molecule has 1 aromatic heterocycles. The van der Waals surface area contributed by atoms with E-state index in [-0.39, 0.29) is 35.8 Å². The van der Waals surface area contributed by atoms with E-state index in [2.05, 4.69) is 5.32 Å². The van der Waals surface area contributed by atoms with Crippen LogP contribution < -0.4 is 10.9 Å². The Morgan fingerprint density at radius 2 is 1.94 bits per heavy atom. The first-order valence-electron chi connectivity index (χ1n) is 9.46. The summed E-state index contributed by atoms with van der Waals surface area (Å²) in [4.78, 5) is 39.7. The Labute approximate surface area is 183 Å². The van der Waals surface area contributed by atoms with Crippen LogP contribution in [-0.4, -0.2) is 39.1 Å². The molecule has 170 valence electrons. The van der Waals surface area contributed by atoms with E-state index in [9.17, 15) is 37.1 Å². The third-order valence-electron chi connectivity index (χ3n) is 5.58. The van der Waals surface area contributed by atoms with Gasteiger partial charge in [-0.2, -0.15) is 13.2 Å². The summed E-state index contributed by atoms with van der Waals surface area (Å²) >= 11 is 5.76. The van der Waals surface area contributed by atoms with Gasteiger partial charge in [-0.05, 0) is 31.0 Å². The molecule has 0 saturated heterocycles. The maximum absolute atomic E-state index is 13.4. The van der Waals surface area contributed by atoms with Gasteiger partial charge in [0.25, 0.3) is 17.4 Å². The number of alkyl halides is 3. The van der Waals surface area contributed by atoms with Crippen LogP contribution in [0.25, 0.3) is 0 Å². The minimum absolute atomic E-state index is 0.00360. The van der Waals surface area contributed by atoms with Crippen molar-refractivity contribution in [2.75, 3.05) is 6.54 Å². The van der Waals surface area contributed by atoms with Crippen LogP contribution in [0.4, 0.5) is 17.6 Å². The molecular weight excluding hydrogens is 458 g/mol. The van der Waals surface area contributed by atoms with E-state index in [1.807, 2.05) is 0 Å². The SMILES string of the molecule is CC1(CC(F)(F)F)NC(=O)c2c3c(c(O)c(=O)n21)C(=O)N(Cc1ccc(F)c(Cl)c1)CC3. The topological polar surface area (TPSA) is 91.6 Å². The Morgan fingerprint density at radius 3 is 2.56 bits per heavy atom. The van der Waals surface area contributed by atoms with Gasteiger partial charge < -0.3 is 15.3 Å². The monoisotopic (exact) mass is 473 g/mol. The third-order valence-corrected chi connectivity index (χ3v) is 5.87. The van der Waals surface area contributed by atoms with Gasteiger partial charge in [-0.25, -0.2) is 4.39 Å². The van der Waals surface area contributed by atoms with Gasteiger partial charge in [-0.15, -0.1) is 0 Å². The fourth-order valence-corrected chi connectivity index (χ4v) is 4.49. The minimum Gasteiger partial charge on any atom is -0.502 e. The van der Waals surface area contributed by atoms with Crippen molar-refractivity contribution >= 4 is 23.4 Å². The lowest BCUT2D eigenvalue weighted by Crippen LogP contribution is -2.48.